The summed E-state index contributed by atoms with van der Waals surface area (Å²) in [5, 5.41) is 16.0. The van der Waals surface area contributed by atoms with E-state index in [1.807, 2.05) is 41.5 Å². The molecule has 2 saturated heterocycles. The third kappa shape index (κ3) is 7.04. The summed E-state index contributed by atoms with van der Waals surface area (Å²) in [6, 6.07) is 8.34. The number of nitrogens with zero attached hydrogens (tertiary/aromatic N) is 2. The van der Waals surface area contributed by atoms with Gasteiger partial charge in [-0.05, 0) is 65.7 Å². The number of benzene rings is 1. The Bertz CT molecular complexity index is 1210. The predicted molar refractivity (Wildman–Crippen MR) is 162 cm³/mol. The molecule has 3 aliphatic rings. The van der Waals surface area contributed by atoms with Crippen LogP contribution < -0.4 is 5.32 Å². The van der Waals surface area contributed by atoms with Crippen molar-refractivity contribution >= 4 is 41.0 Å². The number of aliphatic imine (C=N–C) groups is 1. The number of fused-ring (bicyclic) bond motifs is 2. The summed E-state index contributed by atoms with van der Waals surface area (Å²) in [6.07, 6.45) is -4.19. The number of hydroxylamine groups is 2. The molecule has 12 nitrogen and oxygen atoms in total. The summed E-state index contributed by atoms with van der Waals surface area (Å²) in [4.78, 5) is 36.7. The first-order valence-corrected chi connectivity index (χ1v) is 16.5. The fourth-order valence-electron chi connectivity index (χ4n) is 5.13. The molecule has 1 saturated carbocycles. The molecule has 0 bridgehead atoms. The summed E-state index contributed by atoms with van der Waals surface area (Å²) >= 11 is -0.768. The topological polar surface area (TPSA) is 149 Å². The van der Waals surface area contributed by atoms with Gasteiger partial charge in [-0.25, -0.2) is 14.0 Å². The Hall–Kier alpha value is -2.23. The number of rotatable bonds is 12. The number of amidine groups is 1. The van der Waals surface area contributed by atoms with Crippen LogP contribution in [-0.4, -0.2) is 97.0 Å². The van der Waals surface area contributed by atoms with Crippen molar-refractivity contribution in [3.05, 3.63) is 35.9 Å². The number of esters is 1. The SMILES string of the molecule is CC(C)N=C(NC(C)C)ON1C(=O)C[C@@]12[C@H](OS(=O)C(C)C)[C@H](OSC(C)C)[C@](O)(COC(=O)c1ccccc1)[C@H]1O[C@H]12. The minimum absolute atomic E-state index is 0.0310. The second kappa shape index (κ2) is 13.4. The fraction of sp³-hybridized carbons (Fsp3) is 0.690. The molecule has 2 heterocycles. The van der Waals surface area contributed by atoms with E-state index in [-0.39, 0.29) is 35.7 Å². The summed E-state index contributed by atoms with van der Waals surface area (Å²) in [7, 11) is 0. The summed E-state index contributed by atoms with van der Waals surface area (Å²) in [5.74, 6) is -1.00. The molecule has 1 amide bonds. The molecule has 4 rings (SSSR count). The highest BCUT2D eigenvalue weighted by molar-refractivity contribution is 7.95. The highest BCUT2D eigenvalue weighted by Gasteiger charge is 2.82. The van der Waals surface area contributed by atoms with Gasteiger partial charge in [-0.15, -0.1) is 0 Å². The van der Waals surface area contributed by atoms with E-state index in [1.165, 1.54) is 0 Å². The molecule has 1 aromatic carbocycles. The van der Waals surface area contributed by atoms with Crippen molar-refractivity contribution in [1.29, 1.82) is 0 Å². The van der Waals surface area contributed by atoms with Gasteiger partial charge in [0, 0.05) is 17.3 Å². The maximum atomic E-state index is 13.2. The molecule has 7 atom stereocenters. The van der Waals surface area contributed by atoms with Gasteiger partial charge in [0.05, 0.1) is 17.2 Å². The van der Waals surface area contributed by atoms with Crippen molar-refractivity contribution in [1.82, 2.24) is 10.4 Å². The van der Waals surface area contributed by atoms with Crippen LogP contribution >= 0.6 is 12.0 Å². The molecule has 43 heavy (non-hydrogen) atoms. The number of β-lactam (4-membered cyclic amide) rings is 1. The second-order valence-corrected chi connectivity index (χ2v) is 15.2. The Morgan fingerprint density at radius 2 is 1.81 bits per heavy atom. The van der Waals surface area contributed by atoms with E-state index in [4.69, 9.17) is 22.7 Å². The minimum Gasteiger partial charge on any atom is -0.459 e. The molecular weight excluding hydrogens is 598 g/mol. The van der Waals surface area contributed by atoms with Crippen LogP contribution in [0.4, 0.5) is 0 Å². The zero-order chi connectivity index (χ0) is 31.7. The first kappa shape index (κ1) is 33.7. The van der Waals surface area contributed by atoms with Crippen molar-refractivity contribution in [2.24, 2.45) is 4.99 Å². The third-order valence-electron chi connectivity index (χ3n) is 7.12. The molecule has 3 fully saturated rings. The highest BCUT2D eigenvalue weighted by atomic mass is 32.2. The van der Waals surface area contributed by atoms with E-state index < -0.39 is 64.5 Å². The molecule has 1 aromatic rings. The monoisotopic (exact) mass is 641 g/mol. The largest absolute Gasteiger partial charge is 0.459 e. The smallest absolute Gasteiger partial charge is 0.338 e. The van der Waals surface area contributed by atoms with Crippen molar-refractivity contribution < 1.29 is 41.6 Å². The molecule has 14 heteroatoms. The lowest BCUT2D eigenvalue weighted by Gasteiger charge is -2.57. The molecule has 2 aliphatic heterocycles. The zero-order valence-corrected chi connectivity index (χ0v) is 27.5. The Morgan fingerprint density at radius 3 is 2.37 bits per heavy atom. The van der Waals surface area contributed by atoms with Gasteiger partial charge in [-0.3, -0.25) is 8.98 Å². The molecule has 1 spiro atoms. The third-order valence-corrected chi connectivity index (χ3v) is 8.99. The van der Waals surface area contributed by atoms with E-state index >= 15 is 0 Å². The van der Waals surface area contributed by atoms with Crippen LogP contribution in [0.5, 0.6) is 0 Å². The zero-order valence-electron chi connectivity index (χ0n) is 25.8. The number of amides is 1. The van der Waals surface area contributed by atoms with Gasteiger partial charge in [0.2, 0.25) is 0 Å². The number of hydrogen-bond donors (Lipinski definition) is 2. The van der Waals surface area contributed by atoms with Crippen LogP contribution in [0.2, 0.25) is 0 Å². The lowest BCUT2D eigenvalue weighted by Crippen LogP contribution is -2.81. The fourth-order valence-corrected chi connectivity index (χ4v) is 6.43. The predicted octanol–water partition coefficient (Wildman–Crippen LogP) is 2.92. The molecule has 0 aromatic heterocycles. The maximum Gasteiger partial charge on any atom is 0.338 e. The van der Waals surface area contributed by atoms with Crippen LogP contribution in [0.1, 0.15) is 72.2 Å². The van der Waals surface area contributed by atoms with Crippen LogP contribution in [0.25, 0.3) is 0 Å². The second-order valence-electron chi connectivity index (χ2n) is 12.2. The Labute approximate surface area is 260 Å². The van der Waals surface area contributed by atoms with Gasteiger partial charge in [-0.1, -0.05) is 32.0 Å². The van der Waals surface area contributed by atoms with Gasteiger partial charge >= 0.3 is 12.0 Å². The molecular formula is C29H43N3O9S2. The van der Waals surface area contributed by atoms with Gasteiger partial charge in [0.15, 0.2) is 16.7 Å². The van der Waals surface area contributed by atoms with Crippen molar-refractivity contribution in [3.8, 4) is 0 Å². The average Bonchev–Trinajstić information content (AvgIpc) is 3.74. The molecule has 2 N–H and O–H groups in total. The van der Waals surface area contributed by atoms with Crippen molar-refractivity contribution in [2.75, 3.05) is 6.61 Å². The quantitative estimate of drug-likeness (QED) is 0.0867. The first-order chi connectivity index (χ1) is 20.2. The van der Waals surface area contributed by atoms with Gasteiger partial charge < -0.3 is 28.9 Å². The van der Waals surface area contributed by atoms with Crippen LogP contribution in [-0.2, 0) is 38.6 Å². The highest BCUT2D eigenvalue weighted by Crippen LogP contribution is 2.59. The van der Waals surface area contributed by atoms with E-state index in [0.717, 1.165) is 17.1 Å². The number of carbonyl (C=O) groups is 2. The molecule has 1 unspecified atom stereocenters. The van der Waals surface area contributed by atoms with Crippen LogP contribution in [0.15, 0.2) is 35.3 Å². The molecule has 0 radical (unpaired) electrons. The number of ether oxygens (including phenoxy) is 2. The Morgan fingerprint density at radius 1 is 1.14 bits per heavy atom. The maximum absolute atomic E-state index is 13.2. The van der Waals surface area contributed by atoms with Crippen LogP contribution in [0.3, 0.4) is 0 Å². The molecule has 240 valence electrons. The normalized spacial score (nSPS) is 31.0. The number of nitrogens with one attached hydrogen (secondary N) is 1. The average molecular weight is 642 g/mol. The first-order valence-electron chi connectivity index (χ1n) is 14.6. The van der Waals surface area contributed by atoms with E-state index in [2.05, 4.69) is 10.3 Å². The summed E-state index contributed by atoms with van der Waals surface area (Å²) in [6.45, 7) is 14.4. The minimum atomic E-state index is -1.90. The Kier molecular flexibility index (Phi) is 10.5. The van der Waals surface area contributed by atoms with Gasteiger partial charge in [0.25, 0.3) is 5.91 Å². The lowest BCUT2D eigenvalue weighted by atomic mass is 9.65. The van der Waals surface area contributed by atoms with Crippen LogP contribution in [0, 0.1) is 0 Å². The number of carbonyl (C=O) groups excluding carboxylic acids is 2. The van der Waals surface area contributed by atoms with E-state index in [1.54, 1.807) is 44.2 Å². The van der Waals surface area contributed by atoms with Crippen molar-refractivity contribution in [3.63, 3.8) is 0 Å². The summed E-state index contributed by atoms with van der Waals surface area (Å²) < 4.78 is 37.3. The number of epoxide rings is 1. The lowest BCUT2D eigenvalue weighted by molar-refractivity contribution is -0.268. The summed E-state index contributed by atoms with van der Waals surface area (Å²) in [5.41, 5.74) is -2.89. The van der Waals surface area contributed by atoms with Gasteiger partial charge in [-0.2, -0.15) is 5.06 Å². The van der Waals surface area contributed by atoms with Gasteiger partial charge in [0.1, 0.15) is 36.6 Å². The number of hydrogen-bond acceptors (Lipinski definition) is 11. The van der Waals surface area contributed by atoms with E-state index in [9.17, 15) is 18.9 Å². The van der Waals surface area contributed by atoms with E-state index in [0.29, 0.717) is 5.56 Å². The standard InChI is InChI=1S/C29H43N3O9S2/c1-16(2)30-27(31-17(3)4)39-32-21(33)14-28(32)22-24(38-22)29(35,15-37-26(34)20-12-10-9-11-13-20)25(40-42-18(5)6)23(28)41-43(36)19(7)8/h9-13,16-19,22-25,35H,14-15H2,1-8H3,(H,30,31)/t22-,23-,24+,25+,28-,29+,43?/m1/s1. The number of aliphatic hydroxyl groups is 1. The Balaban J connectivity index is 1.73. The van der Waals surface area contributed by atoms with Crippen molar-refractivity contribution in [2.45, 2.75) is 120 Å². The molecule has 1 aliphatic carbocycles.